The number of nitrogens with zero attached hydrogens (tertiary/aromatic N) is 2. The molecule has 0 radical (unpaired) electrons. The fourth-order valence-electron chi connectivity index (χ4n) is 1.54. The standard InChI is InChI=1S/C12H17N3OS/c1-16-7-2-5-15-6-3-12(14-15)13-9-11-4-8-17-10-11/h3-4,6,8,10H,2,5,7,9H2,1H3,(H,13,14). The lowest BCUT2D eigenvalue weighted by atomic mass is 10.3. The SMILES string of the molecule is COCCCn1ccc(NCc2ccsc2)n1. The summed E-state index contributed by atoms with van der Waals surface area (Å²) in [5.41, 5.74) is 1.30. The smallest absolute Gasteiger partial charge is 0.148 e. The maximum absolute atomic E-state index is 5.01. The fourth-order valence-corrected chi connectivity index (χ4v) is 2.21. The van der Waals surface area contributed by atoms with Crippen LogP contribution in [0, 0.1) is 0 Å². The van der Waals surface area contributed by atoms with Crippen LogP contribution in [0.4, 0.5) is 5.82 Å². The van der Waals surface area contributed by atoms with Gasteiger partial charge in [-0.2, -0.15) is 16.4 Å². The molecule has 5 heteroatoms. The zero-order chi connectivity index (χ0) is 11.9. The van der Waals surface area contributed by atoms with Crippen LogP contribution in [-0.2, 0) is 17.8 Å². The topological polar surface area (TPSA) is 39.1 Å². The summed E-state index contributed by atoms with van der Waals surface area (Å²) in [6.07, 6.45) is 2.98. The molecule has 0 amide bonds. The van der Waals surface area contributed by atoms with Gasteiger partial charge in [0.1, 0.15) is 5.82 Å². The average Bonchev–Trinajstić information content (AvgIpc) is 2.98. The van der Waals surface area contributed by atoms with Crippen LogP contribution >= 0.6 is 11.3 Å². The van der Waals surface area contributed by atoms with Gasteiger partial charge in [-0.3, -0.25) is 4.68 Å². The normalized spacial score (nSPS) is 10.6. The molecule has 2 heterocycles. The molecule has 0 aliphatic heterocycles. The van der Waals surface area contributed by atoms with E-state index in [0.717, 1.165) is 31.9 Å². The van der Waals surface area contributed by atoms with Crippen molar-refractivity contribution >= 4 is 17.2 Å². The Labute approximate surface area is 105 Å². The van der Waals surface area contributed by atoms with Crippen LogP contribution in [0.15, 0.2) is 29.1 Å². The Morgan fingerprint density at radius 1 is 1.47 bits per heavy atom. The summed E-state index contributed by atoms with van der Waals surface area (Å²) in [7, 11) is 1.72. The molecule has 0 atom stereocenters. The Balaban J connectivity index is 1.77. The first-order chi connectivity index (χ1) is 8.38. The van der Waals surface area contributed by atoms with E-state index in [9.17, 15) is 0 Å². The lowest BCUT2D eigenvalue weighted by Gasteiger charge is -2.02. The van der Waals surface area contributed by atoms with E-state index >= 15 is 0 Å². The van der Waals surface area contributed by atoms with Gasteiger partial charge >= 0.3 is 0 Å². The van der Waals surface area contributed by atoms with Gasteiger partial charge in [0.2, 0.25) is 0 Å². The van der Waals surface area contributed by atoms with Crippen LogP contribution in [0.5, 0.6) is 0 Å². The molecule has 0 aliphatic carbocycles. The van der Waals surface area contributed by atoms with Gasteiger partial charge in [-0.25, -0.2) is 0 Å². The fraction of sp³-hybridized carbons (Fsp3) is 0.417. The molecule has 4 nitrogen and oxygen atoms in total. The molecule has 0 saturated carbocycles. The number of aryl methyl sites for hydroxylation is 1. The van der Waals surface area contributed by atoms with E-state index in [1.165, 1.54) is 5.56 Å². The van der Waals surface area contributed by atoms with Crippen molar-refractivity contribution in [3.05, 3.63) is 34.7 Å². The van der Waals surface area contributed by atoms with E-state index in [1.54, 1.807) is 18.4 Å². The van der Waals surface area contributed by atoms with Gasteiger partial charge in [-0.1, -0.05) is 0 Å². The Morgan fingerprint density at radius 3 is 3.18 bits per heavy atom. The molecule has 2 rings (SSSR count). The number of nitrogens with one attached hydrogen (secondary N) is 1. The van der Waals surface area contributed by atoms with E-state index in [-0.39, 0.29) is 0 Å². The predicted octanol–water partition coefficient (Wildman–Crippen LogP) is 2.59. The lowest BCUT2D eigenvalue weighted by Crippen LogP contribution is -2.04. The van der Waals surface area contributed by atoms with E-state index in [1.807, 2.05) is 16.9 Å². The summed E-state index contributed by atoms with van der Waals surface area (Å²) in [5, 5.41) is 12.0. The summed E-state index contributed by atoms with van der Waals surface area (Å²) in [6, 6.07) is 4.12. The number of ether oxygens (including phenoxy) is 1. The molecule has 2 aromatic heterocycles. The monoisotopic (exact) mass is 251 g/mol. The minimum atomic E-state index is 0.775. The summed E-state index contributed by atoms with van der Waals surface area (Å²) in [5.74, 6) is 0.925. The molecular formula is C12H17N3OS. The van der Waals surface area contributed by atoms with Crippen molar-refractivity contribution in [1.29, 1.82) is 0 Å². The number of hydrogen-bond acceptors (Lipinski definition) is 4. The second kappa shape index (κ2) is 6.42. The van der Waals surface area contributed by atoms with Crippen LogP contribution in [0.3, 0.4) is 0 Å². The predicted molar refractivity (Wildman–Crippen MR) is 70.4 cm³/mol. The van der Waals surface area contributed by atoms with Crippen molar-refractivity contribution in [3.8, 4) is 0 Å². The van der Waals surface area contributed by atoms with Crippen molar-refractivity contribution in [3.63, 3.8) is 0 Å². The molecule has 0 fully saturated rings. The zero-order valence-electron chi connectivity index (χ0n) is 9.93. The van der Waals surface area contributed by atoms with Gasteiger partial charge in [0.25, 0.3) is 0 Å². The number of anilines is 1. The first-order valence-electron chi connectivity index (χ1n) is 5.66. The molecule has 0 aliphatic rings. The lowest BCUT2D eigenvalue weighted by molar-refractivity contribution is 0.189. The number of methoxy groups -OCH3 is 1. The summed E-state index contributed by atoms with van der Waals surface area (Å²) < 4.78 is 6.95. The van der Waals surface area contributed by atoms with Crippen LogP contribution in [0.1, 0.15) is 12.0 Å². The van der Waals surface area contributed by atoms with Crippen molar-refractivity contribution in [2.75, 3.05) is 19.0 Å². The highest BCUT2D eigenvalue weighted by Crippen LogP contribution is 2.09. The molecule has 0 aromatic carbocycles. The largest absolute Gasteiger partial charge is 0.385 e. The van der Waals surface area contributed by atoms with Gasteiger partial charge in [0, 0.05) is 39.1 Å². The highest BCUT2D eigenvalue weighted by atomic mass is 32.1. The highest BCUT2D eigenvalue weighted by molar-refractivity contribution is 7.07. The second-order valence-electron chi connectivity index (χ2n) is 3.80. The maximum atomic E-state index is 5.01. The van der Waals surface area contributed by atoms with Gasteiger partial charge in [0.15, 0.2) is 0 Å². The first-order valence-corrected chi connectivity index (χ1v) is 6.60. The molecule has 17 heavy (non-hydrogen) atoms. The van der Waals surface area contributed by atoms with Crippen LogP contribution in [0.2, 0.25) is 0 Å². The van der Waals surface area contributed by atoms with E-state index in [2.05, 4.69) is 27.2 Å². The Bertz CT molecular complexity index is 425. The summed E-state index contributed by atoms with van der Waals surface area (Å²) in [4.78, 5) is 0. The van der Waals surface area contributed by atoms with Crippen molar-refractivity contribution < 1.29 is 4.74 Å². The summed E-state index contributed by atoms with van der Waals surface area (Å²) in [6.45, 7) is 2.50. The number of hydrogen-bond donors (Lipinski definition) is 1. The molecule has 0 bridgehead atoms. The van der Waals surface area contributed by atoms with Crippen LogP contribution < -0.4 is 5.32 Å². The van der Waals surface area contributed by atoms with Crippen molar-refractivity contribution in [2.24, 2.45) is 0 Å². The zero-order valence-corrected chi connectivity index (χ0v) is 10.7. The third-order valence-electron chi connectivity index (χ3n) is 2.43. The van der Waals surface area contributed by atoms with Gasteiger partial charge < -0.3 is 10.1 Å². The Kier molecular flexibility index (Phi) is 4.58. The number of thiophene rings is 1. The minimum Gasteiger partial charge on any atom is -0.385 e. The maximum Gasteiger partial charge on any atom is 0.148 e. The third kappa shape index (κ3) is 3.87. The van der Waals surface area contributed by atoms with Crippen molar-refractivity contribution in [1.82, 2.24) is 9.78 Å². The average molecular weight is 251 g/mol. The van der Waals surface area contributed by atoms with Gasteiger partial charge in [-0.15, -0.1) is 0 Å². The number of aromatic nitrogens is 2. The van der Waals surface area contributed by atoms with E-state index < -0.39 is 0 Å². The van der Waals surface area contributed by atoms with Crippen LogP contribution in [-0.4, -0.2) is 23.5 Å². The second-order valence-corrected chi connectivity index (χ2v) is 4.58. The van der Waals surface area contributed by atoms with E-state index in [4.69, 9.17) is 4.74 Å². The molecule has 2 aromatic rings. The quantitative estimate of drug-likeness (QED) is 0.769. The molecule has 0 saturated heterocycles. The first kappa shape index (κ1) is 12.1. The third-order valence-corrected chi connectivity index (χ3v) is 3.16. The van der Waals surface area contributed by atoms with Crippen molar-refractivity contribution in [2.45, 2.75) is 19.5 Å². The Morgan fingerprint density at radius 2 is 2.41 bits per heavy atom. The molecule has 92 valence electrons. The molecule has 0 unspecified atom stereocenters. The molecule has 1 N–H and O–H groups in total. The Hall–Kier alpha value is -1.33. The molecule has 0 spiro atoms. The van der Waals surface area contributed by atoms with Crippen LogP contribution in [0.25, 0.3) is 0 Å². The summed E-state index contributed by atoms with van der Waals surface area (Å²) >= 11 is 1.71. The number of rotatable bonds is 7. The van der Waals surface area contributed by atoms with Gasteiger partial charge in [-0.05, 0) is 28.8 Å². The van der Waals surface area contributed by atoms with E-state index in [0.29, 0.717) is 0 Å². The van der Waals surface area contributed by atoms with Gasteiger partial charge in [0.05, 0.1) is 0 Å². The molecular weight excluding hydrogens is 234 g/mol. The highest BCUT2D eigenvalue weighted by Gasteiger charge is 1.99. The minimum absolute atomic E-state index is 0.775.